The summed E-state index contributed by atoms with van der Waals surface area (Å²) < 4.78 is 1.26. The number of nitro groups is 1. The summed E-state index contributed by atoms with van der Waals surface area (Å²) in [6.45, 7) is 3.63. The minimum absolute atomic E-state index is 0.0302. The van der Waals surface area contributed by atoms with Gasteiger partial charge in [0.25, 0.3) is 11.2 Å². The van der Waals surface area contributed by atoms with Crippen LogP contribution in [0.4, 0.5) is 5.69 Å². The average molecular weight is 301 g/mol. The molecule has 0 atom stereocenters. The number of benzene rings is 1. The van der Waals surface area contributed by atoms with Gasteiger partial charge in [-0.2, -0.15) is 5.10 Å². The maximum Gasteiger partial charge on any atom is 0.277 e. The lowest BCUT2D eigenvalue weighted by Gasteiger charge is -2.08. The van der Waals surface area contributed by atoms with Crippen LogP contribution in [-0.4, -0.2) is 20.5 Å². The van der Waals surface area contributed by atoms with Crippen molar-refractivity contribution in [3.8, 4) is 11.3 Å². The van der Waals surface area contributed by atoms with E-state index < -0.39 is 10.5 Å². The highest BCUT2D eigenvalue weighted by molar-refractivity contribution is 5.94. The molecule has 22 heavy (non-hydrogen) atoms. The van der Waals surface area contributed by atoms with Gasteiger partial charge in [-0.25, -0.2) is 4.68 Å². The number of nitro benzene ring substituents is 1. The van der Waals surface area contributed by atoms with E-state index in [1.165, 1.54) is 29.8 Å². The number of nitrogens with zero attached hydrogens (tertiary/aromatic N) is 3. The lowest BCUT2D eigenvalue weighted by atomic mass is 10.1. The molecule has 0 bridgehead atoms. The Morgan fingerprint density at radius 1 is 1.32 bits per heavy atom. The second-order valence-electron chi connectivity index (χ2n) is 4.83. The fraction of sp³-hybridized carbons (Fsp3) is 0.267. The van der Waals surface area contributed by atoms with Crippen molar-refractivity contribution in [2.24, 2.45) is 0 Å². The Labute approximate surface area is 126 Å². The van der Waals surface area contributed by atoms with Gasteiger partial charge in [-0.3, -0.25) is 19.7 Å². The topological polar surface area (TPSA) is 95.1 Å². The molecule has 1 aromatic carbocycles. The van der Waals surface area contributed by atoms with E-state index in [-0.39, 0.29) is 17.0 Å². The number of ketones is 1. The molecule has 0 amide bonds. The van der Waals surface area contributed by atoms with Crippen LogP contribution in [0.5, 0.6) is 0 Å². The summed E-state index contributed by atoms with van der Waals surface area (Å²) in [5, 5.41) is 14.9. The molecule has 0 unspecified atom stereocenters. The molecular formula is C15H15N3O4. The summed E-state index contributed by atoms with van der Waals surface area (Å²) >= 11 is 0. The molecular weight excluding hydrogens is 286 g/mol. The molecule has 7 heteroatoms. The van der Waals surface area contributed by atoms with Crippen molar-refractivity contribution < 1.29 is 9.72 Å². The van der Waals surface area contributed by atoms with Crippen LogP contribution in [-0.2, 0) is 6.54 Å². The monoisotopic (exact) mass is 301 g/mol. The molecule has 0 aliphatic carbocycles. The lowest BCUT2D eigenvalue weighted by molar-refractivity contribution is -0.384. The maximum absolute atomic E-state index is 12.1. The molecule has 0 fully saturated rings. The molecule has 0 spiro atoms. The van der Waals surface area contributed by atoms with Crippen LogP contribution in [0.2, 0.25) is 0 Å². The standard InChI is InChI=1S/C15H15N3O4/c1-3-8-17-15(20)13(10(2)19)9-14(16-17)11-4-6-12(7-5-11)18(21)22/h4-7,9H,3,8H2,1-2H3. The Morgan fingerprint density at radius 2 is 1.95 bits per heavy atom. The molecule has 2 aromatic rings. The second-order valence-corrected chi connectivity index (χ2v) is 4.83. The van der Waals surface area contributed by atoms with E-state index in [1.54, 1.807) is 12.1 Å². The molecule has 0 radical (unpaired) electrons. The molecule has 0 aliphatic heterocycles. The highest BCUT2D eigenvalue weighted by atomic mass is 16.6. The van der Waals surface area contributed by atoms with Crippen LogP contribution in [0, 0.1) is 10.1 Å². The number of Topliss-reactive ketones (excluding diaryl/α,β-unsaturated/α-hetero) is 1. The Hall–Kier alpha value is -2.83. The third-order valence-electron chi connectivity index (χ3n) is 3.16. The van der Waals surface area contributed by atoms with Gasteiger partial charge in [0.15, 0.2) is 5.78 Å². The van der Waals surface area contributed by atoms with E-state index in [4.69, 9.17) is 0 Å². The van der Waals surface area contributed by atoms with Gasteiger partial charge in [-0.1, -0.05) is 6.92 Å². The quantitative estimate of drug-likeness (QED) is 0.480. The van der Waals surface area contributed by atoms with Crippen molar-refractivity contribution in [3.05, 3.63) is 56.4 Å². The van der Waals surface area contributed by atoms with Crippen LogP contribution in [0.25, 0.3) is 11.3 Å². The van der Waals surface area contributed by atoms with E-state index in [0.717, 1.165) is 0 Å². The second kappa shape index (κ2) is 6.30. The van der Waals surface area contributed by atoms with Crippen LogP contribution < -0.4 is 5.56 Å². The largest absolute Gasteiger partial charge is 0.294 e. The van der Waals surface area contributed by atoms with Crippen LogP contribution in [0.1, 0.15) is 30.6 Å². The molecule has 0 aliphatic rings. The van der Waals surface area contributed by atoms with E-state index in [0.29, 0.717) is 24.2 Å². The SMILES string of the molecule is CCCn1nc(-c2ccc([N+](=O)[O-])cc2)cc(C(C)=O)c1=O. The van der Waals surface area contributed by atoms with Gasteiger partial charge >= 0.3 is 0 Å². The van der Waals surface area contributed by atoms with Crippen LogP contribution in [0.15, 0.2) is 35.1 Å². The highest BCUT2D eigenvalue weighted by Crippen LogP contribution is 2.20. The number of carbonyl (C=O) groups excluding carboxylic acids is 1. The first kappa shape index (κ1) is 15.6. The zero-order valence-corrected chi connectivity index (χ0v) is 12.3. The molecule has 1 aromatic heterocycles. The van der Waals surface area contributed by atoms with E-state index in [2.05, 4.69) is 5.10 Å². The zero-order chi connectivity index (χ0) is 16.3. The fourth-order valence-corrected chi connectivity index (χ4v) is 2.05. The normalized spacial score (nSPS) is 10.5. The molecule has 1 heterocycles. The van der Waals surface area contributed by atoms with Gasteiger partial charge in [0, 0.05) is 24.2 Å². The molecule has 114 valence electrons. The minimum atomic E-state index is -0.490. The summed E-state index contributed by atoms with van der Waals surface area (Å²) in [5.41, 5.74) is 0.667. The number of aromatic nitrogens is 2. The van der Waals surface area contributed by atoms with Crippen molar-refractivity contribution in [2.45, 2.75) is 26.8 Å². The summed E-state index contributed by atoms with van der Waals surface area (Å²) in [7, 11) is 0. The number of rotatable bonds is 5. The lowest BCUT2D eigenvalue weighted by Crippen LogP contribution is -2.28. The van der Waals surface area contributed by atoms with Gasteiger partial charge in [0.05, 0.1) is 16.2 Å². The number of hydrogen-bond acceptors (Lipinski definition) is 5. The van der Waals surface area contributed by atoms with Crippen molar-refractivity contribution in [1.82, 2.24) is 9.78 Å². The van der Waals surface area contributed by atoms with Crippen LogP contribution in [0.3, 0.4) is 0 Å². The number of non-ortho nitro benzene ring substituents is 1. The third-order valence-corrected chi connectivity index (χ3v) is 3.16. The molecule has 0 saturated carbocycles. The van der Waals surface area contributed by atoms with Crippen molar-refractivity contribution in [3.63, 3.8) is 0 Å². The predicted molar refractivity (Wildman–Crippen MR) is 80.9 cm³/mol. The molecule has 2 rings (SSSR count). The van der Waals surface area contributed by atoms with Gasteiger partial charge in [-0.05, 0) is 31.5 Å². The Morgan fingerprint density at radius 3 is 2.45 bits per heavy atom. The molecule has 0 saturated heterocycles. The van der Waals surface area contributed by atoms with E-state index in [1.807, 2.05) is 6.92 Å². The maximum atomic E-state index is 12.1. The minimum Gasteiger partial charge on any atom is -0.294 e. The van der Waals surface area contributed by atoms with Gasteiger partial charge in [-0.15, -0.1) is 0 Å². The van der Waals surface area contributed by atoms with Gasteiger partial charge in [0.2, 0.25) is 0 Å². The van der Waals surface area contributed by atoms with E-state index in [9.17, 15) is 19.7 Å². The van der Waals surface area contributed by atoms with E-state index >= 15 is 0 Å². The smallest absolute Gasteiger partial charge is 0.277 e. The Balaban J connectivity index is 2.56. The number of carbonyl (C=O) groups is 1. The summed E-state index contributed by atoms with van der Waals surface area (Å²) in [5.74, 6) is -0.333. The average Bonchev–Trinajstić information content (AvgIpc) is 2.49. The number of hydrogen-bond donors (Lipinski definition) is 0. The third kappa shape index (κ3) is 3.08. The van der Waals surface area contributed by atoms with Crippen molar-refractivity contribution >= 4 is 11.5 Å². The first-order valence-electron chi connectivity index (χ1n) is 6.82. The summed E-state index contributed by atoms with van der Waals surface area (Å²) in [6, 6.07) is 7.24. The first-order chi connectivity index (χ1) is 10.4. The predicted octanol–water partition coefficient (Wildman–Crippen LogP) is 2.43. The first-order valence-corrected chi connectivity index (χ1v) is 6.82. The van der Waals surface area contributed by atoms with Gasteiger partial charge in [0.1, 0.15) is 0 Å². The van der Waals surface area contributed by atoms with Crippen LogP contribution >= 0.6 is 0 Å². The Bertz CT molecular complexity index is 778. The summed E-state index contributed by atoms with van der Waals surface area (Å²) in [6.07, 6.45) is 0.702. The van der Waals surface area contributed by atoms with Crippen molar-refractivity contribution in [1.29, 1.82) is 0 Å². The molecule has 0 N–H and O–H groups in total. The molecule has 7 nitrogen and oxygen atoms in total. The summed E-state index contributed by atoms with van der Waals surface area (Å²) in [4.78, 5) is 33.9. The Kier molecular flexibility index (Phi) is 4.45. The number of aryl methyl sites for hydroxylation is 1. The fourth-order valence-electron chi connectivity index (χ4n) is 2.05. The zero-order valence-electron chi connectivity index (χ0n) is 12.3. The van der Waals surface area contributed by atoms with Crippen molar-refractivity contribution in [2.75, 3.05) is 0 Å². The highest BCUT2D eigenvalue weighted by Gasteiger charge is 2.14. The van der Waals surface area contributed by atoms with Gasteiger partial charge < -0.3 is 0 Å².